The Balaban J connectivity index is 1.49. The van der Waals surface area contributed by atoms with Crippen molar-refractivity contribution in [3.05, 3.63) is 0 Å². The lowest BCUT2D eigenvalue weighted by molar-refractivity contribution is 0.100. The molecule has 5 heteroatoms. The minimum Gasteiger partial charge on any atom is -0.404 e. The molecule has 0 spiro atoms. The highest BCUT2D eigenvalue weighted by Gasteiger charge is 2.57. The molecule has 0 aromatic heterocycles. The maximum atomic E-state index is 6.02. The standard InChI is InChI=1S/C10H16BNO3/c1-2-7-3-6(1)9-10(7)15-11(14-9)8-4-12-5-13-8/h6-10,12H,1-5H2/t6-,7?,8?,9?,10+/m0/s1. The highest BCUT2D eigenvalue weighted by molar-refractivity contribution is 6.47. The topological polar surface area (TPSA) is 39.7 Å². The summed E-state index contributed by atoms with van der Waals surface area (Å²) >= 11 is 0. The van der Waals surface area contributed by atoms with Gasteiger partial charge in [-0.1, -0.05) is 0 Å². The zero-order chi connectivity index (χ0) is 9.83. The van der Waals surface area contributed by atoms with Crippen LogP contribution in [-0.4, -0.2) is 38.6 Å². The average molecular weight is 209 g/mol. The summed E-state index contributed by atoms with van der Waals surface area (Å²) in [6, 6.07) is 0.106. The zero-order valence-corrected chi connectivity index (χ0v) is 8.72. The minimum atomic E-state index is -0.113. The van der Waals surface area contributed by atoms with Crippen LogP contribution in [0.3, 0.4) is 0 Å². The van der Waals surface area contributed by atoms with E-state index in [0.717, 1.165) is 18.4 Å². The molecule has 1 N–H and O–H groups in total. The van der Waals surface area contributed by atoms with E-state index in [1.807, 2.05) is 0 Å². The molecule has 2 saturated heterocycles. The van der Waals surface area contributed by atoms with Crippen LogP contribution in [0.5, 0.6) is 0 Å². The van der Waals surface area contributed by atoms with Gasteiger partial charge in [0.1, 0.15) is 6.00 Å². The Kier molecular flexibility index (Phi) is 1.92. The van der Waals surface area contributed by atoms with Crippen molar-refractivity contribution in [3.63, 3.8) is 0 Å². The fraction of sp³-hybridized carbons (Fsp3) is 1.00. The smallest absolute Gasteiger partial charge is 0.404 e. The fourth-order valence-corrected chi connectivity index (χ4v) is 3.68. The zero-order valence-electron chi connectivity index (χ0n) is 8.72. The van der Waals surface area contributed by atoms with Crippen LogP contribution in [0, 0.1) is 11.8 Å². The lowest BCUT2D eigenvalue weighted by Gasteiger charge is -2.22. The summed E-state index contributed by atoms with van der Waals surface area (Å²) in [6.07, 6.45) is 4.75. The van der Waals surface area contributed by atoms with Crippen LogP contribution in [0.2, 0.25) is 0 Å². The van der Waals surface area contributed by atoms with E-state index in [4.69, 9.17) is 14.0 Å². The van der Waals surface area contributed by atoms with Crippen LogP contribution in [-0.2, 0) is 14.0 Å². The van der Waals surface area contributed by atoms with Crippen molar-refractivity contribution >= 4 is 7.12 Å². The molecular formula is C10H16BNO3. The number of fused-ring (bicyclic) bond motifs is 5. The number of ether oxygens (including phenoxy) is 1. The maximum absolute atomic E-state index is 6.02. The summed E-state index contributed by atoms with van der Waals surface area (Å²) in [7, 11) is -0.113. The van der Waals surface area contributed by atoms with Gasteiger partial charge in [0.15, 0.2) is 0 Å². The molecule has 0 aromatic carbocycles. The van der Waals surface area contributed by atoms with E-state index < -0.39 is 0 Å². The molecule has 3 unspecified atom stereocenters. The first-order valence-corrected chi connectivity index (χ1v) is 6.05. The van der Waals surface area contributed by atoms with Gasteiger partial charge < -0.3 is 14.0 Å². The second-order valence-corrected chi connectivity index (χ2v) is 5.21. The van der Waals surface area contributed by atoms with Gasteiger partial charge in [0.05, 0.1) is 18.9 Å². The van der Waals surface area contributed by atoms with Crippen molar-refractivity contribution < 1.29 is 14.0 Å². The third kappa shape index (κ3) is 1.24. The largest absolute Gasteiger partial charge is 0.489 e. The van der Waals surface area contributed by atoms with Gasteiger partial charge in [-0.15, -0.1) is 0 Å². The van der Waals surface area contributed by atoms with E-state index in [1.165, 1.54) is 19.3 Å². The summed E-state index contributed by atoms with van der Waals surface area (Å²) in [4.78, 5) is 0. The minimum absolute atomic E-state index is 0.106. The summed E-state index contributed by atoms with van der Waals surface area (Å²) in [5.41, 5.74) is 0. The molecule has 4 aliphatic rings. The van der Waals surface area contributed by atoms with E-state index in [-0.39, 0.29) is 13.1 Å². The highest BCUT2D eigenvalue weighted by atomic mass is 16.7. The molecule has 2 saturated carbocycles. The molecule has 2 heterocycles. The molecule has 4 fully saturated rings. The average Bonchev–Trinajstić information content (AvgIpc) is 3.02. The quantitative estimate of drug-likeness (QED) is 0.625. The van der Waals surface area contributed by atoms with Crippen molar-refractivity contribution in [1.29, 1.82) is 0 Å². The van der Waals surface area contributed by atoms with Gasteiger partial charge in [0, 0.05) is 6.54 Å². The molecule has 2 aliphatic carbocycles. The van der Waals surface area contributed by atoms with Crippen molar-refractivity contribution in [2.24, 2.45) is 11.8 Å². The van der Waals surface area contributed by atoms with Gasteiger partial charge in [0.25, 0.3) is 0 Å². The molecule has 15 heavy (non-hydrogen) atoms. The Bertz CT molecular complexity index is 253. The molecule has 82 valence electrons. The normalized spacial score (nSPS) is 52.8. The fourth-order valence-electron chi connectivity index (χ4n) is 3.68. The Morgan fingerprint density at radius 2 is 1.80 bits per heavy atom. The van der Waals surface area contributed by atoms with E-state index in [9.17, 15) is 0 Å². The van der Waals surface area contributed by atoms with E-state index >= 15 is 0 Å². The van der Waals surface area contributed by atoms with Gasteiger partial charge in [-0.2, -0.15) is 0 Å². The summed E-state index contributed by atoms with van der Waals surface area (Å²) in [5.74, 6) is 1.53. The van der Waals surface area contributed by atoms with E-state index in [2.05, 4.69) is 5.32 Å². The van der Waals surface area contributed by atoms with Crippen LogP contribution < -0.4 is 5.32 Å². The number of hydrogen-bond acceptors (Lipinski definition) is 4. The van der Waals surface area contributed by atoms with Gasteiger partial charge in [0.2, 0.25) is 0 Å². The molecule has 2 aliphatic heterocycles. The van der Waals surface area contributed by atoms with Crippen LogP contribution in [0.4, 0.5) is 0 Å². The summed E-state index contributed by atoms with van der Waals surface area (Å²) in [6.45, 7) is 1.50. The van der Waals surface area contributed by atoms with Crippen LogP contribution >= 0.6 is 0 Å². The summed E-state index contributed by atoms with van der Waals surface area (Å²) < 4.78 is 17.6. The monoisotopic (exact) mass is 209 g/mol. The first kappa shape index (κ1) is 8.99. The predicted octanol–water partition coefficient (Wildman–Crippen LogP) is 0.174. The lowest BCUT2D eigenvalue weighted by atomic mass is 9.81. The van der Waals surface area contributed by atoms with Gasteiger partial charge in [-0.05, 0) is 31.1 Å². The molecule has 0 radical (unpaired) electrons. The van der Waals surface area contributed by atoms with Crippen LogP contribution in [0.25, 0.3) is 0 Å². The number of rotatable bonds is 1. The first-order chi connectivity index (χ1) is 7.42. The van der Waals surface area contributed by atoms with E-state index in [0.29, 0.717) is 18.9 Å². The molecule has 4 rings (SSSR count). The van der Waals surface area contributed by atoms with Crippen molar-refractivity contribution in [2.45, 2.75) is 37.5 Å². The summed E-state index contributed by atoms with van der Waals surface area (Å²) in [5, 5.41) is 3.17. The Labute approximate surface area is 89.8 Å². The molecule has 4 nitrogen and oxygen atoms in total. The SMILES string of the molecule is C1NCC(B2OC3[C@H]4CCC(C4)[C@H]3O2)O1. The second kappa shape index (κ2) is 3.20. The van der Waals surface area contributed by atoms with Crippen LogP contribution in [0.15, 0.2) is 0 Å². The first-order valence-electron chi connectivity index (χ1n) is 6.05. The van der Waals surface area contributed by atoms with Gasteiger partial charge >= 0.3 is 7.12 Å². The van der Waals surface area contributed by atoms with Crippen molar-refractivity contribution in [1.82, 2.24) is 5.32 Å². The van der Waals surface area contributed by atoms with Crippen molar-refractivity contribution in [2.75, 3.05) is 13.3 Å². The molecule has 2 bridgehead atoms. The Hall–Kier alpha value is -0.0951. The Morgan fingerprint density at radius 1 is 1.07 bits per heavy atom. The maximum Gasteiger partial charge on any atom is 0.489 e. The molecule has 5 atom stereocenters. The number of hydrogen-bond donors (Lipinski definition) is 1. The molecular weight excluding hydrogens is 193 g/mol. The van der Waals surface area contributed by atoms with Gasteiger partial charge in [-0.25, -0.2) is 0 Å². The van der Waals surface area contributed by atoms with E-state index in [1.54, 1.807) is 0 Å². The highest BCUT2D eigenvalue weighted by Crippen LogP contribution is 2.50. The third-order valence-electron chi connectivity index (χ3n) is 4.40. The molecule has 0 aromatic rings. The molecule has 0 amide bonds. The lowest BCUT2D eigenvalue weighted by Crippen LogP contribution is -2.37. The van der Waals surface area contributed by atoms with Crippen LogP contribution in [0.1, 0.15) is 19.3 Å². The Morgan fingerprint density at radius 3 is 2.40 bits per heavy atom. The second-order valence-electron chi connectivity index (χ2n) is 5.21. The number of nitrogens with one attached hydrogen (secondary N) is 1. The predicted molar refractivity (Wildman–Crippen MR) is 54.1 cm³/mol. The third-order valence-corrected chi connectivity index (χ3v) is 4.40. The van der Waals surface area contributed by atoms with Gasteiger partial charge in [-0.3, -0.25) is 5.32 Å². The van der Waals surface area contributed by atoms with Crippen molar-refractivity contribution in [3.8, 4) is 0 Å².